The third kappa shape index (κ3) is 5.18. The van der Waals surface area contributed by atoms with E-state index in [0.29, 0.717) is 5.92 Å². The van der Waals surface area contributed by atoms with Gasteiger partial charge >= 0.3 is 0 Å². The van der Waals surface area contributed by atoms with Crippen LogP contribution in [0.3, 0.4) is 0 Å². The number of likely N-dealkylation sites (tertiary alicyclic amines) is 1. The van der Waals surface area contributed by atoms with Crippen LogP contribution in [0, 0.1) is 0 Å². The highest BCUT2D eigenvalue weighted by molar-refractivity contribution is 5.90. The van der Waals surface area contributed by atoms with Gasteiger partial charge in [0.15, 0.2) is 0 Å². The average molecular weight is 440 g/mol. The van der Waals surface area contributed by atoms with Crippen LogP contribution in [-0.4, -0.2) is 36.2 Å². The molecule has 0 radical (unpaired) electrons. The van der Waals surface area contributed by atoms with Gasteiger partial charge in [-0.1, -0.05) is 30.4 Å². The van der Waals surface area contributed by atoms with E-state index in [1.165, 1.54) is 48.2 Å². The van der Waals surface area contributed by atoms with Gasteiger partial charge in [0.25, 0.3) is 0 Å². The van der Waals surface area contributed by atoms with E-state index >= 15 is 0 Å². The number of rotatable bonds is 5. The molecule has 5 rings (SSSR count). The standard InChI is InChI=1S/C29H33N3O/c30-29-6-2-1-5-24(20-28(29)22-9-13-31-14-10-22)25-7-8-27(23-11-17-33-18-12-23)26(19-25)21-32-15-3-4-16-32/h1-2,5-10,13-14,19-20,23H,3-4,11-12,15-18,21,30H2/b2-1?,5-1+,6-2+,24-5?,24-20+,28-20?,29-6?,29-28-. The fraction of sp³-hybridized carbons (Fsp3) is 0.345. The maximum absolute atomic E-state index is 6.46. The lowest BCUT2D eigenvalue weighted by Crippen LogP contribution is -2.21. The van der Waals surface area contributed by atoms with Crippen LogP contribution in [-0.2, 0) is 11.3 Å². The zero-order valence-corrected chi connectivity index (χ0v) is 19.2. The molecular weight excluding hydrogens is 406 g/mol. The Kier molecular flexibility index (Phi) is 6.84. The second-order valence-corrected chi connectivity index (χ2v) is 9.21. The first-order chi connectivity index (χ1) is 16.3. The smallest absolute Gasteiger partial charge is 0.0471 e. The molecule has 0 atom stereocenters. The number of pyridine rings is 1. The van der Waals surface area contributed by atoms with Crippen LogP contribution in [0.15, 0.2) is 78.8 Å². The highest BCUT2D eigenvalue weighted by atomic mass is 16.5. The molecule has 1 aromatic heterocycles. The molecule has 2 fully saturated rings. The number of benzene rings is 1. The number of ether oxygens (including phenoxy) is 1. The summed E-state index contributed by atoms with van der Waals surface area (Å²) in [6.45, 7) is 5.18. The van der Waals surface area contributed by atoms with E-state index in [-0.39, 0.29) is 0 Å². The normalized spacial score (nSPS) is 25.8. The summed E-state index contributed by atoms with van der Waals surface area (Å²) in [5, 5.41) is 0. The number of aromatic nitrogens is 1. The second-order valence-electron chi connectivity index (χ2n) is 9.21. The largest absolute Gasteiger partial charge is 0.398 e. The molecule has 0 saturated carbocycles. The van der Waals surface area contributed by atoms with Gasteiger partial charge in [-0.2, -0.15) is 0 Å². The van der Waals surface area contributed by atoms with Crippen LogP contribution in [0.1, 0.15) is 53.9 Å². The molecule has 170 valence electrons. The molecule has 3 heterocycles. The molecule has 1 aliphatic carbocycles. The highest BCUT2D eigenvalue weighted by Gasteiger charge is 2.22. The second kappa shape index (κ2) is 10.3. The van der Waals surface area contributed by atoms with Crippen LogP contribution >= 0.6 is 0 Å². The molecule has 2 aliphatic heterocycles. The van der Waals surface area contributed by atoms with Crippen molar-refractivity contribution in [1.82, 2.24) is 9.88 Å². The van der Waals surface area contributed by atoms with Crippen LogP contribution in [0.4, 0.5) is 0 Å². The summed E-state index contributed by atoms with van der Waals surface area (Å²) in [7, 11) is 0. The van der Waals surface area contributed by atoms with Crippen molar-refractivity contribution in [3.05, 3.63) is 101 Å². The number of hydrogen-bond acceptors (Lipinski definition) is 4. The van der Waals surface area contributed by atoms with Crippen molar-refractivity contribution in [2.75, 3.05) is 26.3 Å². The van der Waals surface area contributed by atoms with Gasteiger partial charge in [0.2, 0.25) is 0 Å². The summed E-state index contributed by atoms with van der Waals surface area (Å²) < 4.78 is 5.65. The van der Waals surface area contributed by atoms with Gasteiger partial charge in [0, 0.05) is 43.4 Å². The Morgan fingerprint density at radius 2 is 1.70 bits per heavy atom. The van der Waals surface area contributed by atoms with E-state index in [1.54, 1.807) is 0 Å². The number of hydrogen-bond donors (Lipinski definition) is 1. The summed E-state index contributed by atoms with van der Waals surface area (Å²) in [6.07, 6.45) is 19.0. The highest BCUT2D eigenvalue weighted by Crippen LogP contribution is 2.34. The summed E-state index contributed by atoms with van der Waals surface area (Å²) in [6, 6.07) is 11.1. The van der Waals surface area contributed by atoms with E-state index < -0.39 is 0 Å². The Morgan fingerprint density at radius 1 is 0.939 bits per heavy atom. The van der Waals surface area contributed by atoms with Crippen LogP contribution in [0.5, 0.6) is 0 Å². The van der Waals surface area contributed by atoms with Crippen LogP contribution in [0.2, 0.25) is 0 Å². The van der Waals surface area contributed by atoms with Crippen molar-refractivity contribution in [3.63, 3.8) is 0 Å². The van der Waals surface area contributed by atoms with Gasteiger partial charge in [-0.25, -0.2) is 0 Å². The van der Waals surface area contributed by atoms with Crippen LogP contribution < -0.4 is 5.73 Å². The molecule has 2 N–H and O–H groups in total. The monoisotopic (exact) mass is 439 g/mol. The zero-order valence-electron chi connectivity index (χ0n) is 19.2. The Hall–Kier alpha value is -2.95. The molecule has 4 nitrogen and oxygen atoms in total. The molecular formula is C29H33N3O. The van der Waals surface area contributed by atoms with Gasteiger partial charge in [0.05, 0.1) is 0 Å². The predicted octanol–water partition coefficient (Wildman–Crippen LogP) is 5.45. The molecule has 33 heavy (non-hydrogen) atoms. The van der Waals surface area contributed by atoms with Gasteiger partial charge in [-0.15, -0.1) is 0 Å². The lowest BCUT2D eigenvalue weighted by molar-refractivity contribution is 0.0850. The summed E-state index contributed by atoms with van der Waals surface area (Å²) in [4.78, 5) is 6.77. The van der Waals surface area contributed by atoms with E-state index in [1.807, 2.05) is 36.7 Å². The number of allylic oxidation sites excluding steroid dienone is 7. The SMILES string of the molecule is NC1=C(c2ccncc2)/C=C(c2ccc(C3CCOCC3)c(CN3CCCC3)c2)\C=C\C=C\1. The first kappa shape index (κ1) is 21.9. The van der Waals surface area contributed by atoms with Crippen molar-refractivity contribution in [3.8, 4) is 0 Å². The first-order valence-corrected chi connectivity index (χ1v) is 12.2. The summed E-state index contributed by atoms with van der Waals surface area (Å²) >= 11 is 0. The first-order valence-electron chi connectivity index (χ1n) is 12.2. The lowest BCUT2D eigenvalue weighted by atomic mass is 9.86. The van der Waals surface area contributed by atoms with Gasteiger partial charge < -0.3 is 10.5 Å². The Labute approximate surface area is 197 Å². The molecule has 2 aromatic rings. The molecule has 0 amide bonds. The zero-order chi connectivity index (χ0) is 22.5. The van der Waals surface area contributed by atoms with Crippen molar-refractivity contribution in [2.45, 2.75) is 38.1 Å². The molecule has 0 unspecified atom stereocenters. The van der Waals surface area contributed by atoms with Gasteiger partial charge in [-0.05, 0) is 103 Å². The Balaban J connectivity index is 1.54. The van der Waals surface area contributed by atoms with Gasteiger partial charge in [-0.3, -0.25) is 9.88 Å². The predicted molar refractivity (Wildman–Crippen MR) is 135 cm³/mol. The number of nitrogens with two attached hydrogens (primary N) is 1. The molecule has 0 spiro atoms. The fourth-order valence-electron chi connectivity index (χ4n) is 5.17. The minimum atomic E-state index is 0.595. The quantitative estimate of drug-likeness (QED) is 0.673. The third-order valence-electron chi connectivity index (χ3n) is 6.99. The maximum Gasteiger partial charge on any atom is 0.0471 e. The average Bonchev–Trinajstić information content (AvgIpc) is 3.36. The minimum Gasteiger partial charge on any atom is -0.398 e. The Morgan fingerprint density at radius 3 is 2.48 bits per heavy atom. The lowest BCUT2D eigenvalue weighted by Gasteiger charge is -2.27. The van der Waals surface area contributed by atoms with Crippen LogP contribution in [0.25, 0.3) is 11.1 Å². The summed E-state index contributed by atoms with van der Waals surface area (Å²) in [5.41, 5.74) is 14.7. The third-order valence-corrected chi connectivity index (χ3v) is 6.99. The fourth-order valence-corrected chi connectivity index (χ4v) is 5.17. The minimum absolute atomic E-state index is 0.595. The van der Waals surface area contributed by atoms with E-state index in [0.717, 1.165) is 49.4 Å². The van der Waals surface area contributed by atoms with E-state index in [2.05, 4.69) is 46.3 Å². The van der Waals surface area contributed by atoms with Crippen molar-refractivity contribution in [1.29, 1.82) is 0 Å². The summed E-state index contributed by atoms with van der Waals surface area (Å²) in [5.74, 6) is 0.595. The molecule has 2 saturated heterocycles. The number of nitrogens with zero attached hydrogens (tertiary/aromatic N) is 2. The van der Waals surface area contributed by atoms with Crippen molar-refractivity contribution >= 4 is 11.1 Å². The molecule has 3 aliphatic rings. The molecule has 1 aromatic carbocycles. The maximum atomic E-state index is 6.46. The van der Waals surface area contributed by atoms with E-state index in [4.69, 9.17) is 10.5 Å². The van der Waals surface area contributed by atoms with Crippen molar-refractivity contribution < 1.29 is 4.74 Å². The Bertz CT molecular complexity index is 1090. The topological polar surface area (TPSA) is 51.4 Å². The molecule has 4 heteroatoms. The van der Waals surface area contributed by atoms with E-state index in [9.17, 15) is 0 Å². The van der Waals surface area contributed by atoms with Crippen molar-refractivity contribution in [2.24, 2.45) is 5.73 Å². The molecule has 0 bridgehead atoms. The van der Waals surface area contributed by atoms with Gasteiger partial charge in [0.1, 0.15) is 0 Å².